The van der Waals surface area contributed by atoms with Gasteiger partial charge in [-0.15, -0.1) is 0 Å². The van der Waals surface area contributed by atoms with Gasteiger partial charge in [0.15, 0.2) is 11.6 Å². The largest absolute Gasteiger partial charge is 0.494 e. The Morgan fingerprint density at radius 1 is 1.08 bits per heavy atom. The number of ether oxygens (including phenoxy) is 2. The van der Waals surface area contributed by atoms with Gasteiger partial charge >= 0.3 is 5.97 Å². The summed E-state index contributed by atoms with van der Waals surface area (Å²) in [6.07, 6.45) is 0. The van der Waals surface area contributed by atoms with E-state index in [-0.39, 0.29) is 12.4 Å². The predicted molar refractivity (Wildman–Crippen MR) is 97.3 cm³/mol. The van der Waals surface area contributed by atoms with E-state index >= 15 is 0 Å². The van der Waals surface area contributed by atoms with Crippen molar-refractivity contribution in [3.8, 4) is 11.4 Å². The third-order valence-corrected chi connectivity index (χ3v) is 4.25. The van der Waals surface area contributed by atoms with Crippen molar-refractivity contribution >= 4 is 5.97 Å². The third-order valence-electron chi connectivity index (χ3n) is 4.25. The van der Waals surface area contributed by atoms with Crippen LogP contribution in [0.15, 0.2) is 54.6 Å². The van der Waals surface area contributed by atoms with Crippen LogP contribution in [0.2, 0.25) is 0 Å². The molecule has 0 aliphatic carbocycles. The van der Waals surface area contributed by atoms with Crippen LogP contribution in [0.25, 0.3) is 5.69 Å². The lowest BCUT2D eigenvalue weighted by molar-refractivity contribution is 0.0471. The molecule has 0 spiro atoms. The van der Waals surface area contributed by atoms with E-state index < -0.39 is 11.8 Å². The lowest BCUT2D eigenvalue weighted by atomic mass is 10.2. The summed E-state index contributed by atoms with van der Waals surface area (Å²) in [5.74, 6) is -0.758. The first-order valence-corrected chi connectivity index (χ1v) is 8.25. The second-order valence-corrected chi connectivity index (χ2v) is 6.00. The van der Waals surface area contributed by atoms with Gasteiger partial charge < -0.3 is 14.0 Å². The monoisotopic (exact) mass is 353 g/mol. The molecule has 3 rings (SSSR count). The SMILES string of the molecule is COc1ccc(COC(=O)c2cc(C)n(-c3ccccc3)c2C)cc1F. The number of rotatable bonds is 5. The number of nitrogens with zero attached hydrogens (tertiary/aromatic N) is 1. The zero-order valence-corrected chi connectivity index (χ0v) is 15.0. The lowest BCUT2D eigenvalue weighted by Crippen LogP contribution is -2.07. The van der Waals surface area contributed by atoms with Crippen molar-refractivity contribution in [1.82, 2.24) is 4.57 Å². The number of para-hydroxylation sites is 1. The fourth-order valence-electron chi connectivity index (χ4n) is 2.97. The highest BCUT2D eigenvalue weighted by Gasteiger charge is 2.18. The molecule has 134 valence electrons. The molecule has 0 bridgehead atoms. The van der Waals surface area contributed by atoms with E-state index in [0.29, 0.717) is 11.1 Å². The van der Waals surface area contributed by atoms with Crippen molar-refractivity contribution in [2.75, 3.05) is 7.11 Å². The highest BCUT2D eigenvalue weighted by atomic mass is 19.1. The third kappa shape index (κ3) is 3.47. The first kappa shape index (κ1) is 17.7. The topological polar surface area (TPSA) is 40.5 Å². The number of carbonyl (C=O) groups is 1. The smallest absolute Gasteiger partial charge is 0.340 e. The van der Waals surface area contributed by atoms with Crippen molar-refractivity contribution in [3.05, 3.63) is 82.9 Å². The van der Waals surface area contributed by atoms with Crippen molar-refractivity contribution in [3.63, 3.8) is 0 Å². The average molecular weight is 353 g/mol. The number of benzene rings is 2. The maximum absolute atomic E-state index is 13.7. The molecule has 1 aromatic heterocycles. The highest BCUT2D eigenvalue weighted by Crippen LogP contribution is 2.22. The number of hydrogen-bond acceptors (Lipinski definition) is 3. The quantitative estimate of drug-likeness (QED) is 0.630. The lowest BCUT2D eigenvalue weighted by Gasteiger charge is -2.10. The van der Waals surface area contributed by atoms with E-state index in [4.69, 9.17) is 9.47 Å². The van der Waals surface area contributed by atoms with Crippen LogP contribution < -0.4 is 4.74 Å². The zero-order valence-electron chi connectivity index (χ0n) is 15.0. The fraction of sp³-hybridized carbons (Fsp3) is 0.190. The summed E-state index contributed by atoms with van der Waals surface area (Å²) in [5, 5.41) is 0. The van der Waals surface area contributed by atoms with Gasteiger partial charge in [-0.05, 0) is 49.7 Å². The Kier molecular flexibility index (Phi) is 5.07. The maximum atomic E-state index is 13.7. The van der Waals surface area contributed by atoms with Gasteiger partial charge in [-0.25, -0.2) is 9.18 Å². The van der Waals surface area contributed by atoms with Gasteiger partial charge in [0, 0.05) is 17.1 Å². The molecule has 1 heterocycles. The van der Waals surface area contributed by atoms with Crippen LogP contribution in [0.4, 0.5) is 4.39 Å². The summed E-state index contributed by atoms with van der Waals surface area (Å²) in [7, 11) is 1.40. The molecular formula is C21H20FNO3. The summed E-state index contributed by atoms with van der Waals surface area (Å²) >= 11 is 0. The van der Waals surface area contributed by atoms with Crippen LogP contribution in [0, 0.1) is 19.7 Å². The molecule has 0 aliphatic heterocycles. The molecule has 0 saturated carbocycles. The predicted octanol–water partition coefficient (Wildman–Crippen LogP) is 4.60. The zero-order chi connectivity index (χ0) is 18.7. The number of aromatic nitrogens is 1. The molecular weight excluding hydrogens is 333 g/mol. The second kappa shape index (κ2) is 7.44. The van der Waals surface area contributed by atoms with Gasteiger partial charge in [-0.3, -0.25) is 0 Å². The van der Waals surface area contributed by atoms with Gasteiger partial charge in [-0.1, -0.05) is 24.3 Å². The Hall–Kier alpha value is -3.08. The van der Waals surface area contributed by atoms with Gasteiger partial charge in [0.25, 0.3) is 0 Å². The summed E-state index contributed by atoms with van der Waals surface area (Å²) in [6, 6.07) is 16.1. The van der Waals surface area contributed by atoms with Gasteiger partial charge in [0.05, 0.1) is 12.7 Å². The van der Waals surface area contributed by atoms with Gasteiger partial charge in [-0.2, -0.15) is 0 Å². The molecule has 0 N–H and O–H groups in total. The summed E-state index contributed by atoms with van der Waals surface area (Å²) in [4.78, 5) is 12.5. The minimum atomic E-state index is -0.483. The molecule has 0 radical (unpaired) electrons. The maximum Gasteiger partial charge on any atom is 0.340 e. The molecule has 0 fully saturated rings. The molecule has 0 aliphatic rings. The first-order chi connectivity index (χ1) is 12.5. The minimum absolute atomic E-state index is 0.00521. The molecule has 5 heteroatoms. The van der Waals surface area contributed by atoms with E-state index in [1.54, 1.807) is 12.1 Å². The standard InChI is InChI=1S/C21H20FNO3/c1-14-11-18(15(2)23(14)17-7-5-4-6-8-17)21(24)26-13-16-9-10-20(25-3)19(22)12-16/h4-12H,13H2,1-3H3. The first-order valence-electron chi connectivity index (χ1n) is 8.25. The van der Waals surface area contributed by atoms with Crippen molar-refractivity contribution < 1.29 is 18.7 Å². The molecule has 0 saturated heterocycles. The molecule has 2 aromatic carbocycles. The normalized spacial score (nSPS) is 10.6. The number of carbonyl (C=O) groups excluding carboxylic acids is 1. The van der Waals surface area contributed by atoms with E-state index in [1.807, 2.05) is 48.7 Å². The molecule has 3 aromatic rings. The molecule has 26 heavy (non-hydrogen) atoms. The molecule has 0 amide bonds. The van der Waals surface area contributed by atoms with Crippen LogP contribution in [0.5, 0.6) is 5.75 Å². The summed E-state index contributed by atoms with van der Waals surface area (Å²) in [6.45, 7) is 3.81. The van der Waals surface area contributed by atoms with E-state index in [2.05, 4.69) is 0 Å². The summed E-state index contributed by atoms with van der Waals surface area (Å²) in [5.41, 5.74) is 3.79. The van der Waals surface area contributed by atoms with E-state index in [9.17, 15) is 9.18 Å². The van der Waals surface area contributed by atoms with Crippen molar-refractivity contribution in [2.24, 2.45) is 0 Å². The molecule has 0 unspecified atom stereocenters. The second-order valence-electron chi connectivity index (χ2n) is 6.00. The van der Waals surface area contributed by atoms with Crippen LogP contribution in [0.3, 0.4) is 0 Å². The summed E-state index contributed by atoms with van der Waals surface area (Å²) < 4.78 is 26.0. The van der Waals surface area contributed by atoms with Gasteiger partial charge in [0.2, 0.25) is 0 Å². The number of esters is 1. The Balaban J connectivity index is 1.78. The van der Waals surface area contributed by atoms with E-state index in [1.165, 1.54) is 19.2 Å². The Morgan fingerprint density at radius 3 is 2.46 bits per heavy atom. The minimum Gasteiger partial charge on any atom is -0.494 e. The number of hydrogen-bond donors (Lipinski definition) is 0. The average Bonchev–Trinajstić information content (AvgIpc) is 2.95. The Morgan fingerprint density at radius 2 is 1.81 bits per heavy atom. The van der Waals surface area contributed by atoms with Crippen molar-refractivity contribution in [1.29, 1.82) is 0 Å². The Labute approximate surface area is 151 Å². The highest BCUT2D eigenvalue weighted by molar-refractivity contribution is 5.91. The molecule has 4 nitrogen and oxygen atoms in total. The number of halogens is 1. The number of aryl methyl sites for hydroxylation is 1. The number of methoxy groups -OCH3 is 1. The Bertz CT molecular complexity index is 932. The van der Waals surface area contributed by atoms with Crippen LogP contribution in [-0.2, 0) is 11.3 Å². The van der Waals surface area contributed by atoms with Crippen LogP contribution in [-0.4, -0.2) is 17.6 Å². The van der Waals surface area contributed by atoms with Crippen LogP contribution in [0.1, 0.15) is 27.3 Å². The fourth-order valence-corrected chi connectivity index (χ4v) is 2.97. The van der Waals surface area contributed by atoms with Gasteiger partial charge in [0.1, 0.15) is 6.61 Å². The molecule has 0 atom stereocenters. The van der Waals surface area contributed by atoms with Crippen LogP contribution >= 0.6 is 0 Å². The van der Waals surface area contributed by atoms with Crippen molar-refractivity contribution in [2.45, 2.75) is 20.5 Å². The van der Waals surface area contributed by atoms with E-state index in [0.717, 1.165) is 17.1 Å².